The monoisotopic (exact) mass is 297 g/mol. The fourth-order valence-electron chi connectivity index (χ4n) is 2.31. The van der Waals surface area contributed by atoms with Crippen LogP contribution >= 0.6 is 0 Å². The number of nitrogens with one attached hydrogen (secondary N) is 1. The maximum atomic E-state index is 9.09. The van der Waals surface area contributed by atoms with E-state index < -0.39 is 7.12 Å². The molecule has 0 bridgehead atoms. The van der Waals surface area contributed by atoms with E-state index >= 15 is 0 Å². The molecule has 0 spiro atoms. The van der Waals surface area contributed by atoms with Crippen LogP contribution in [0.15, 0.2) is 30.5 Å². The third-order valence-corrected chi connectivity index (χ3v) is 3.44. The standard InChI is InChI=1S/C14H16BN5O2/c1-9-18-12-8-17-20(2)13(12)14(19-9)16-7-10-3-5-11(6-4-10)15(21)22/h3-6,8,21-22H,7H2,1-2H3,(H,16,18,19). The summed E-state index contributed by atoms with van der Waals surface area (Å²) in [6, 6.07) is 7.06. The van der Waals surface area contributed by atoms with Gasteiger partial charge in [0, 0.05) is 13.6 Å². The van der Waals surface area contributed by atoms with Gasteiger partial charge in [0.05, 0.1) is 6.20 Å². The molecular formula is C14H16BN5O2. The third kappa shape index (κ3) is 2.79. The van der Waals surface area contributed by atoms with Gasteiger partial charge in [-0.3, -0.25) is 4.68 Å². The summed E-state index contributed by atoms with van der Waals surface area (Å²) in [6.45, 7) is 2.41. The van der Waals surface area contributed by atoms with Gasteiger partial charge in [0.15, 0.2) is 5.82 Å². The van der Waals surface area contributed by atoms with Crippen molar-refractivity contribution in [1.82, 2.24) is 19.7 Å². The topological polar surface area (TPSA) is 96.1 Å². The fourth-order valence-corrected chi connectivity index (χ4v) is 2.31. The summed E-state index contributed by atoms with van der Waals surface area (Å²) in [5.41, 5.74) is 3.14. The average Bonchev–Trinajstić information content (AvgIpc) is 2.86. The number of benzene rings is 1. The van der Waals surface area contributed by atoms with Gasteiger partial charge in [0.2, 0.25) is 0 Å². The van der Waals surface area contributed by atoms with Crippen molar-refractivity contribution < 1.29 is 10.0 Å². The summed E-state index contributed by atoms with van der Waals surface area (Å²) >= 11 is 0. The van der Waals surface area contributed by atoms with E-state index in [4.69, 9.17) is 10.0 Å². The van der Waals surface area contributed by atoms with Crippen LogP contribution in [0.25, 0.3) is 11.0 Å². The zero-order valence-electron chi connectivity index (χ0n) is 12.4. The highest BCUT2D eigenvalue weighted by Gasteiger charge is 2.11. The molecule has 3 aromatic rings. The van der Waals surface area contributed by atoms with Crippen LogP contribution < -0.4 is 10.8 Å². The molecule has 7 nitrogen and oxygen atoms in total. The van der Waals surface area contributed by atoms with Crippen molar-refractivity contribution in [2.75, 3.05) is 5.32 Å². The second kappa shape index (κ2) is 5.74. The Balaban J connectivity index is 1.83. The summed E-state index contributed by atoms with van der Waals surface area (Å²) < 4.78 is 1.74. The van der Waals surface area contributed by atoms with Gasteiger partial charge in [-0.1, -0.05) is 24.3 Å². The molecule has 3 rings (SSSR count). The Bertz CT molecular complexity index is 801. The Kier molecular flexibility index (Phi) is 3.78. The van der Waals surface area contributed by atoms with Gasteiger partial charge in [-0.25, -0.2) is 9.97 Å². The lowest BCUT2D eigenvalue weighted by molar-refractivity contribution is 0.426. The van der Waals surface area contributed by atoms with Gasteiger partial charge in [-0.15, -0.1) is 0 Å². The normalized spacial score (nSPS) is 10.9. The number of anilines is 1. The molecule has 0 atom stereocenters. The van der Waals surface area contributed by atoms with Crippen molar-refractivity contribution >= 4 is 29.4 Å². The minimum absolute atomic E-state index is 0.468. The number of hydrogen-bond donors (Lipinski definition) is 3. The number of fused-ring (bicyclic) bond motifs is 1. The van der Waals surface area contributed by atoms with Gasteiger partial charge in [0.1, 0.15) is 16.9 Å². The number of rotatable bonds is 4. The first-order valence-corrected chi connectivity index (χ1v) is 6.90. The highest BCUT2D eigenvalue weighted by atomic mass is 16.4. The van der Waals surface area contributed by atoms with E-state index in [9.17, 15) is 0 Å². The van der Waals surface area contributed by atoms with E-state index in [-0.39, 0.29) is 0 Å². The third-order valence-electron chi connectivity index (χ3n) is 3.44. The van der Waals surface area contributed by atoms with E-state index in [2.05, 4.69) is 20.4 Å². The van der Waals surface area contributed by atoms with Gasteiger partial charge < -0.3 is 15.4 Å². The molecule has 0 aliphatic rings. The summed E-state index contributed by atoms with van der Waals surface area (Å²) in [5, 5.41) is 25.7. The molecule has 0 amide bonds. The zero-order chi connectivity index (χ0) is 15.7. The lowest BCUT2D eigenvalue weighted by Gasteiger charge is -2.09. The highest BCUT2D eigenvalue weighted by molar-refractivity contribution is 6.58. The number of aromatic nitrogens is 4. The molecule has 112 valence electrons. The molecule has 0 unspecified atom stereocenters. The van der Waals surface area contributed by atoms with Crippen LogP contribution in [0.1, 0.15) is 11.4 Å². The Labute approximate surface area is 127 Å². The van der Waals surface area contributed by atoms with E-state index in [1.54, 1.807) is 23.0 Å². The lowest BCUT2D eigenvalue weighted by Crippen LogP contribution is -2.29. The van der Waals surface area contributed by atoms with E-state index in [1.165, 1.54) is 0 Å². The number of nitrogens with zero attached hydrogens (tertiary/aromatic N) is 4. The van der Waals surface area contributed by atoms with Crippen LogP contribution in [0.3, 0.4) is 0 Å². The molecule has 0 aliphatic carbocycles. The predicted octanol–water partition coefficient (Wildman–Crippen LogP) is -0.0364. The van der Waals surface area contributed by atoms with Gasteiger partial charge in [0.25, 0.3) is 0 Å². The van der Waals surface area contributed by atoms with E-state index in [0.717, 1.165) is 22.4 Å². The van der Waals surface area contributed by atoms with Gasteiger partial charge >= 0.3 is 7.12 Å². The maximum Gasteiger partial charge on any atom is 0.488 e. The minimum Gasteiger partial charge on any atom is -0.423 e. The molecule has 2 heterocycles. The Morgan fingerprint density at radius 3 is 2.59 bits per heavy atom. The Morgan fingerprint density at radius 2 is 1.91 bits per heavy atom. The second-order valence-corrected chi connectivity index (χ2v) is 5.09. The Morgan fingerprint density at radius 1 is 1.18 bits per heavy atom. The zero-order valence-corrected chi connectivity index (χ0v) is 12.4. The summed E-state index contributed by atoms with van der Waals surface area (Å²) in [5.74, 6) is 1.41. The van der Waals surface area contributed by atoms with Crippen molar-refractivity contribution in [1.29, 1.82) is 0 Å². The number of hydrogen-bond acceptors (Lipinski definition) is 6. The van der Waals surface area contributed by atoms with E-state index in [0.29, 0.717) is 17.8 Å². The molecule has 0 radical (unpaired) electrons. The largest absolute Gasteiger partial charge is 0.488 e. The van der Waals surface area contributed by atoms with Crippen LogP contribution in [-0.4, -0.2) is 36.9 Å². The number of aryl methyl sites for hydroxylation is 2. The lowest BCUT2D eigenvalue weighted by atomic mass is 9.80. The van der Waals surface area contributed by atoms with Crippen molar-refractivity contribution in [2.45, 2.75) is 13.5 Å². The first-order chi connectivity index (χ1) is 10.5. The quantitative estimate of drug-likeness (QED) is 0.585. The predicted molar refractivity (Wildman–Crippen MR) is 84.6 cm³/mol. The summed E-state index contributed by atoms with van der Waals surface area (Å²) in [6.07, 6.45) is 1.71. The maximum absolute atomic E-state index is 9.09. The molecule has 22 heavy (non-hydrogen) atoms. The molecule has 1 aromatic carbocycles. The molecular weight excluding hydrogens is 281 g/mol. The highest BCUT2D eigenvalue weighted by Crippen LogP contribution is 2.19. The fraction of sp³-hybridized carbons (Fsp3) is 0.214. The smallest absolute Gasteiger partial charge is 0.423 e. The van der Waals surface area contributed by atoms with Gasteiger partial charge in [-0.2, -0.15) is 5.10 Å². The van der Waals surface area contributed by atoms with Crippen LogP contribution in [0.5, 0.6) is 0 Å². The minimum atomic E-state index is -1.44. The molecule has 2 aromatic heterocycles. The van der Waals surface area contributed by atoms with Crippen molar-refractivity contribution in [3.05, 3.63) is 41.9 Å². The first kappa shape index (κ1) is 14.5. The molecule has 3 N–H and O–H groups in total. The SMILES string of the molecule is Cc1nc(NCc2ccc(B(O)O)cc2)c2c(cnn2C)n1. The van der Waals surface area contributed by atoms with Crippen molar-refractivity contribution in [3.63, 3.8) is 0 Å². The molecule has 0 fully saturated rings. The molecule has 0 saturated heterocycles. The van der Waals surface area contributed by atoms with Crippen LogP contribution in [0.4, 0.5) is 5.82 Å². The van der Waals surface area contributed by atoms with E-state index in [1.807, 2.05) is 26.1 Å². The Hall–Kier alpha value is -2.45. The average molecular weight is 297 g/mol. The van der Waals surface area contributed by atoms with Crippen molar-refractivity contribution in [3.8, 4) is 0 Å². The second-order valence-electron chi connectivity index (χ2n) is 5.09. The molecule has 8 heteroatoms. The summed E-state index contributed by atoms with van der Waals surface area (Å²) in [4.78, 5) is 8.79. The first-order valence-electron chi connectivity index (χ1n) is 6.90. The van der Waals surface area contributed by atoms with Crippen molar-refractivity contribution in [2.24, 2.45) is 7.05 Å². The van der Waals surface area contributed by atoms with Gasteiger partial charge in [-0.05, 0) is 17.9 Å². The summed E-state index contributed by atoms with van der Waals surface area (Å²) in [7, 11) is 0.407. The van der Waals surface area contributed by atoms with Crippen LogP contribution in [0.2, 0.25) is 0 Å². The molecule has 0 saturated carbocycles. The van der Waals surface area contributed by atoms with Crippen LogP contribution in [0, 0.1) is 6.92 Å². The van der Waals surface area contributed by atoms with Crippen LogP contribution in [-0.2, 0) is 13.6 Å². The molecule has 0 aliphatic heterocycles.